The molecule has 0 bridgehead atoms. The molecule has 0 saturated heterocycles. The van der Waals surface area contributed by atoms with Crippen LogP contribution in [-0.2, 0) is 13.1 Å². The summed E-state index contributed by atoms with van der Waals surface area (Å²) in [6, 6.07) is 6.35. The zero-order valence-corrected chi connectivity index (χ0v) is 14.9. The summed E-state index contributed by atoms with van der Waals surface area (Å²) >= 11 is 0. The molecular weight excluding hydrogens is 320 g/mol. The van der Waals surface area contributed by atoms with Crippen LogP contribution in [0.1, 0.15) is 38.1 Å². The van der Waals surface area contributed by atoms with Crippen molar-refractivity contribution in [3.63, 3.8) is 0 Å². The van der Waals surface area contributed by atoms with Crippen molar-refractivity contribution in [1.29, 1.82) is 0 Å². The first kappa shape index (κ1) is 16.9. The summed E-state index contributed by atoms with van der Waals surface area (Å²) in [7, 11) is 0. The molecule has 0 aliphatic rings. The van der Waals surface area contributed by atoms with E-state index in [2.05, 4.69) is 39.9 Å². The molecule has 8 nitrogen and oxygen atoms in total. The maximum atomic E-state index is 11.3. The van der Waals surface area contributed by atoms with Crippen LogP contribution in [0.4, 0.5) is 11.5 Å². The lowest BCUT2D eigenvalue weighted by Crippen LogP contribution is -2.08. The average molecular weight is 342 g/mol. The van der Waals surface area contributed by atoms with Crippen LogP contribution in [0.2, 0.25) is 0 Å². The number of rotatable bonds is 6. The number of fused-ring (bicyclic) bond motifs is 1. The van der Waals surface area contributed by atoms with E-state index in [1.165, 1.54) is 0 Å². The third-order valence-corrected chi connectivity index (χ3v) is 4.23. The van der Waals surface area contributed by atoms with Gasteiger partial charge in [0.25, 0.3) is 0 Å². The topological polar surface area (TPSA) is 90.8 Å². The largest absolute Gasteiger partial charge is 0.360 e. The van der Waals surface area contributed by atoms with Crippen molar-refractivity contribution in [3.8, 4) is 0 Å². The van der Waals surface area contributed by atoms with Crippen molar-refractivity contribution >= 4 is 22.5 Å². The third kappa shape index (κ3) is 3.07. The van der Waals surface area contributed by atoms with Crippen molar-refractivity contribution in [2.24, 2.45) is 0 Å². The van der Waals surface area contributed by atoms with E-state index in [-0.39, 0.29) is 10.6 Å². The maximum Gasteiger partial charge on any atom is 0.333 e. The fourth-order valence-corrected chi connectivity index (χ4v) is 2.97. The SMILES string of the molecule is CCn1nc(C)c([N+](=O)[O-])c1NCc1ccc2ncn(C(C)C)c2c1. The van der Waals surface area contributed by atoms with Crippen molar-refractivity contribution in [3.05, 3.63) is 45.9 Å². The Morgan fingerprint density at radius 3 is 2.76 bits per heavy atom. The third-order valence-electron chi connectivity index (χ3n) is 4.23. The van der Waals surface area contributed by atoms with E-state index in [9.17, 15) is 10.1 Å². The van der Waals surface area contributed by atoms with Gasteiger partial charge in [0.05, 0.1) is 22.3 Å². The van der Waals surface area contributed by atoms with E-state index in [1.54, 1.807) is 11.6 Å². The molecule has 0 saturated carbocycles. The second-order valence-corrected chi connectivity index (χ2v) is 6.28. The molecule has 3 aromatic rings. The van der Waals surface area contributed by atoms with Crippen molar-refractivity contribution in [2.45, 2.75) is 46.8 Å². The molecule has 0 atom stereocenters. The van der Waals surface area contributed by atoms with Crippen LogP contribution in [0.15, 0.2) is 24.5 Å². The van der Waals surface area contributed by atoms with Crippen molar-refractivity contribution < 1.29 is 4.92 Å². The molecule has 0 amide bonds. The zero-order valence-electron chi connectivity index (χ0n) is 14.9. The van der Waals surface area contributed by atoms with Crippen LogP contribution < -0.4 is 5.32 Å². The number of benzene rings is 1. The highest BCUT2D eigenvalue weighted by Crippen LogP contribution is 2.29. The molecule has 1 N–H and O–H groups in total. The number of imidazole rings is 1. The Kier molecular flexibility index (Phi) is 4.43. The van der Waals surface area contributed by atoms with Gasteiger partial charge >= 0.3 is 5.69 Å². The highest BCUT2D eigenvalue weighted by atomic mass is 16.6. The Morgan fingerprint density at radius 2 is 2.12 bits per heavy atom. The van der Waals surface area contributed by atoms with Crippen molar-refractivity contribution in [2.75, 3.05) is 5.32 Å². The molecule has 1 aromatic carbocycles. The van der Waals surface area contributed by atoms with E-state index >= 15 is 0 Å². The highest BCUT2D eigenvalue weighted by Gasteiger charge is 2.24. The summed E-state index contributed by atoms with van der Waals surface area (Å²) in [5.41, 5.74) is 3.49. The number of nitrogens with one attached hydrogen (secondary N) is 1. The van der Waals surface area contributed by atoms with Gasteiger partial charge in [-0.3, -0.25) is 10.1 Å². The number of aromatic nitrogens is 4. The van der Waals surface area contributed by atoms with Crippen LogP contribution in [0.3, 0.4) is 0 Å². The van der Waals surface area contributed by atoms with Gasteiger partial charge in [0.1, 0.15) is 5.69 Å². The Labute approximate surface area is 145 Å². The first-order valence-corrected chi connectivity index (χ1v) is 8.33. The van der Waals surface area contributed by atoms with Gasteiger partial charge in [0.2, 0.25) is 5.82 Å². The summed E-state index contributed by atoms with van der Waals surface area (Å²) in [6.45, 7) is 8.83. The number of nitro groups is 1. The molecule has 0 unspecified atom stereocenters. The Balaban J connectivity index is 1.90. The number of aryl methyl sites for hydroxylation is 2. The predicted octanol–water partition coefficient (Wildman–Crippen LogP) is 3.66. The predicted molar refractivity (Wildman–Crippen MR) is 96.7 cm³/mol. The van der Waals surface area contributed by atoms with Crippen LogP contribution in [0.25, 0.3) is 11.0 Å². The van der Waals surface area contributed by atoms with E-state index in [0.29, 0.717) is 30.6 Å². The summed E-state index contributed by atoms with van der Waals surface area (Å²) in [4.78, 5) is 15.4. The molecular formula is C17H22N6O2. The highest BCUT2D eigenvalue weighted by molar-refractivity contribution is 5.76. The molecule has 2 aromatic heterocycles. The molecule has 25 heavy (non-hydrogen) atoms. The monoisotopic (exact) mass is 342 g/mol. The van der Waals surface area contributed by atoms with Crippen LogP contribution in [-0.4, -0.2) is 24.3 Å². The summed E-state index contributed by atoms with van der Waals surface area (Å²) < 4.78 is 3.74. The fourth-order valence-electron chi connectivity index (χ4n) is 2.97. The fraction of sp³-hybridized carbons (Fsp3) is 0.412. The minimum absolute atomic E-state index is 0.0372. The molecule has 0 spiro atoms. The Morgan fingerprint density at radius 1 is 1.36 bits per heavy atom. The smallest absolute Gasteiger partial charge is 0.333 e. The minimum atomic E-state index is -0.381. The second-order valence-electron chi connectivity index (χ2n) is 6.28. The molecule has 132 valence electrons. The number of nitrogens with zero attached hydrogens (tertiary/aromatic N) is 5. The van der Waals surface area contributed by atoms with Gasteiger partial charge in [-0.15, -0.1) is 0 Å². The molecule has 3 rings (SSSR count). The summed E-state index contributed by atoms with van der Waals surface area (Å²) in [5.74, 6) is 0.447. The van der Waals surface area contributed by atoms with Crippen LogP contribution in [0.5, 0.6) is 0 Å². The second kappa shape index (κ2) is 6.54. The molecule has 8 heteroatoms. The van der Waals surface area contributed by atoms with E-state index in [0.717, 1.165) is 16.6 Å². The van der Waals surface area contributed by atoms with E-state index in [1.807, 2.05) is 25.4 Å². The minimum Gasteiger partial charge on any atom is -0.360 e. The van der Waals surface area contributed by atoms with Gasteiger partial charge in [-0.25, -0.2) is 9.67 Å². The van der Waals surface area contributed by atoms with Gasteiger partial charge in [-0.1, -0.05) is 6.07 Å². The first-order chi connectivity index (χ1) is 11.9. The van der Waals surface area contributed by atoms with Crippen LogP contribution >= 0.6 is 0 Å². The number of hydrogen-bond acceptors (Lipinski definition) is 5. The molecule has 2 heterocycles. The Bertz CT molecular complexity index is 925. The van der Waals surface area contributed by atoms with Crippen molar-refractivity contribution in [1.82, 2.24) is 19.3 Å². The van der Waals surface area contributed by atoms with Gasteiger partial charge in [0, 0.05) is 19.1 Å². The lowest BCUT2D eigenvalue weighted by molar-refractivity contribution is -0.384. The standard InChI is InChI=1S/C17H22N6O2/c1-5-22-17(16(23(24)25)12(4)20-22)18-9-13-6-7-14-15(8-13)21(10-19-14)11(2)3/h6-8,10-11,18H,5,9H2,1-4H3. The van der Waals surface area contributed by atoms with Gasteiger partial charge < -0.3 is 9.88 Å². The lowest BCUT2D eigenvalue weighted by Gasteiger charge is -2.10. The van der Waals surface area contributed by atoms with E-state index in [4.69, 9.17) is 0 Å². The van der Waals surface area contributed by atoms with Gasteiger partial charge in [-0.05, 0) is 45.4 Å². The summed E-state index contributed by atoms with van der Waals surface area (Å²) in [5, 5.41) is 18.8. The van der Waals surface area contributed by atoms with Crippen LogP contribution in [0, 0.1) is 17.0 Å². The van der Waals surface area contributed by atoms with Gasteiger partial charge in [-0.2, -0.15) is 5.10 Å². The zero-order chi connectivity index (χ0) is 18.1. The molecule has 0 aliphatic heterocycles. The van der Waals surface area contributed by atoms with E-state index < -0.39 is 0 Å². The Hall–Kier alpha value is -2.90. The van der Waals surface area contributed by atoms with Gasteiger partial charge in [0.15, 0.2) is 0 Å². The molecule has 0 radical (unpaired) electrons. The maximum absolute atomic E-state index is 11.3. The first-order valence-electron chi connectivity index (χ1n) is 8.33. The molecule has 0 aliphatic carbocycles. The average Bonchev–Trinajstić information content (AvgIpc) is 3.12. The normalized spacial score (nSPS) is 11.4. The number of anilines is 1. The molecule has 0 fully saturated rings. The lowest BCUT2D eigenvalue weighted by atomic mass is 10.2. The number of hydrogen-bond donors (Lipinski definition) is 1. The quantitative estimate of drug-likeness (QED) is 0.545. The summed E-state index contributed by atoms with van der Waals surface area (Å²) in [6.07, 6.45) is 1.84.